The monoisotopic (exact) mass is 342 g/mol. The van der Waals surface area contributed by atoms with Crippen LogP contribution in [0.1, 0.15) is 12.5 Å². The van der Waals surface area contributed by atoms with Crippen LogP contribution in [0.3, 0.4) is 0 Å². The number of nitrogens with one attached hydrogen (secondary N) is 1. The van der Waals surface area contributed by atoms with Crippen LogP contribution >= 0.6 is 0 Å². The van der Waals surface area contributed by atoms with Crippen molar-refractivity contribution in [3.8, 4) is 11.8 Å². The van der Waals surface area contributed by atoms with Gasteiger partial charge in [-0.3, -0.25) is 9.69 Å². The van der Waals surface area contributed by atoms with E-state index in [1.165, 1.54) is 34.7 Å². The first-order valence-corrected chi connectivity index (χ1v) is 7.58. The molecule has 2 heterocycles. The molecule has 0 bridgehead atoms. The number of halogens is 1. The third-order valence-corrected chi connectivity index (χ3v) is 3.80. The Hall–Kier alpha value is -3.34. The molecule has 3 rings (SSSR count). The van der Waals surface area contributed by atoms with Gasteiger partial charge < -0.3 is 14.6 Å². The molecule has 1 aromatic carbocycles. The molecule has 0 spiro atoms. The van der Waals surface area contributed by atoms with E-state index in [1.807, 2.05) is 6.07 Å². The van der Waals surface area contributed by atoms with Crippen molar-refractivity contribution in [3.63, 3.8) is 0 Å². The predicted molar refractivity (Wildman–Crippen MR) is 86.7 cm³/mol. The van der Waals surface area contributed by atoms with E-state index in [9.17, 15) is 14.0 Å². The van der Waals surface area contributed by atoms with Crippen molar-refractivity contribution in [2.45, 2.75) is 13.0 Å². The summed E-state index contributed by atoms with van der Waals surface area (Å²) in [5.41, 5.74) is 1.06. The highest BCUT2D eigenvalue weighted by atomic mass is 19.1. The van der Waals surface area contributed by atoms with Crippen LogP contribution in [-0.4, -0.2) is 35.8 Å². The second kappa shape index (κ2) is 6.65. The summed E-state index contributed by atoms with van der Waals surface area (Å²) in [5, 5.41) is 11.4. The summed E-state index contributed by atoms with van der Waals surface area (Å²) < 4.78 is 21.1. The molecule has 0 unspecified atom stereocenters. The Bertz CT molecular complexity index is 871. The Balaban J connectivity index is 1.77. The molecule has 25 heavy (non-hydrogen) atoms. The van der Waals surface area contributed by atoms with Gasteiger partial charge in [-0.05, 0) is 24.3 Å². The number of hydrogen-bond donors (Lipinski definition) is 1. The molecule has 128 valence electrons. The van der Waals surface area contributed by atoms with Gasteiger partial charge in [-0.15, -0.1) is 0 Å². The van der Waals surface area contributed by atoms with Gasteiger partial charge in [-0.25, -0.2) is 9.18 Å². The lowest BCUT2D eigenvalue weighted by molar-refractivity contribution is -0.119. The van der Waals surface area contributed by atoms with Crippen molar-refractivity contribution < 1.29 is 18.7 Å². The van der Waals surface area contributed by atoms with Crippen LogP contribution in [0.2, 0.25) is 0 Å². The Morgan fingerprint density at radius 3 is 2.92 bits per heavy atom. The average molecular weight is 342 g/mol. The molecule has 0 aliphatic carbocycles. The second-order valence-corrected chi connectivity index (χ2v) is 5.61. The molecule has 7 nitrogen and oxygen atoms in total. The maximum absolute atomic E-state index is 14.4. The van der Waals surface area contributed by atoms with Crippen LogP contribution in [0.5, 0.6) is 0 Å². The summed E-state index contributed by atoms with van der Waals surface area (Å²) in [6.45, 7) is 1.81. The molecule has 1 fully saturated rings. The Morgan fingerprint density at radius 1 is 1.48 bits per heavy atom. The minimum absolute atomic E-state index is 0.207. The number of rotatable bonds is 4. The second-order valence-electron chi connectivity index (χ2n) is 5.61. The maximum Gasteiger partial charge on any atom is 0.414 e. The number of nitrogens with zero attached hydrogens (tertiary/aromatic N) is 3. The topological polar surface area (TPSA) is 87.4 Å². The van der Waals surface area contributed by atoms with Gasteiger partial charge in [0, 0.05) is 19.3 Å². The van der Waals surface area contributed by atoms with Gasteiger partial charge in [0.1, 0.15) is 18.0 Å². The first kappa shape index (κ1) is 16.5. The number of carbonyl (C=O) groups is 2. The van der Waals surface area contributed by atoms with E-state index in [2.05, 4.69) is 5.32 Å². The molecule has 0 saturated carbocycles. The predicted octanol–water partition coefficient (Wildman–Crippen LogP) is 1.95. The fourth-order valence-electron chi connectivity index (χ4n) is 2.58. The number of carbonyl (C=O) groups excluding carboxylic acids is 2. The highest BCUT2D eigenvalue weighted by molar-refractivity contribution is 5.90. The third-order valence-electron chi connectivity index (χ3n) is 3.80. The van der Waals surface area contributed by atoms with Crippen molar-refractivity contribution in [2.75, 3.05) is 18.0 Å². The number of amides is 2. The number of anilines is 1. The van der Waals surface area contributed by atoms with Gasteiger partial charge in [0.05, 0.1) is 30.0 Å². The molecule has 8 heteroatoms. The summed E-state index contributed by atoms with van der Waals surface area (Å²) in [6, 6.07) is 7.93. The minimum Gasteiger partial charge on any atom is -0.442 e. The molecule has 2 aromatic rings. The van der Waals surface area contributed by atoms with Crippen molar-refractivity contribution in [2.24, 2.45) is 0 Å². The molecule has 1 saturated heterocycles. The van der Waals surface area contributed by atoms with Gasteiger partial charge >= 0.3 is 6.09 Å². The Labute approximate surface area is 143 Å². The molecule has 1 atom stereocenters. The van der Waals surface area contributed by atoms with Crippen LogP contribution in [0.25, 0.3) is 5.69 Å². The van der Waals surface area contributed by atoms with E-state index >= 15 is 0 Å². The van der Waals surface area contributed by atoms with Crippen LogP contribution in [-0.2, 0) is 9.53 Å². The summed E-state index contributed by atoms with van der Waals surface area (Å²) in [6.07, 6.45) is 2.03. The van der Waals surface area contributed by atoms with Gasteiger partial charge in [0.25, 0.3) is 0 Å². The van der Waals surface area contributed by atoms with E-state index in [4.69, 9.17) is 10.00 Å². The van der Waals surface area contributed by atoms with Crippen molar-refractivity contribution >= 4 is 17.7 Å². The third kappa shape index (κ3) is 3.45. The van der Waals surface area contributed by atoms with E-state index in [1.54, 1.807) is 18.3 Å². The van der Waals surface area contributed by atoms with Crippen LogP contribution in [0, 0.1) is 17.1 Å². The van der Waals surface area contributed by atoms with E-state index < -0.39 is 18.0 Å². The number of nitriles is 1. The molecular formula is C17H15FN4O3. The zero-order chi connectivity index (χ0) is 18.0. The van der Waals surface area contributed by atoms with Crippen LogP contribution in [0.4, 0.5) is 14.9 Å². The average Bonchev–Trinajstić information content (AvgIpc) is 3.19. The quantitative estimate of drug-likeness (QED) is 0.920. The standard InChI is InChI=1S/C17H15FN4O3/c1-11(23)20-8-14-10-22(17(24)25-14)13-2-3-16(15(18)6-13)21-5-4-12(7-19)9-21/h2-6,9,14H,8,10H2,1H3,(H,20,23)/t14-/m0/s1. The lowest BCUT2D eigenvalue weighted by atomic mass is 10.2. The van der Waals surface area contributed by atoms with Gasteiger partial charge in [-0.2, -0.15) is 5.26 Å². The van der Waals surface area contributed by atoms with E-state index in [0.717, 1.165) is 0 Å². The number of ether oxygens (including phenoxy) is 1. The summed E-state index contributed by atoms with van der Waals surface area (Å²) in [4.78, 5) is 24.2. The number of cyclic esters (lactones) is 1. The number of benzene rings is 1. The maximum atomic E-state index is 14.4. The van der Waals surface area contributed by atoms with E-state index in [-0.39, 0.29) is 24.7 Å². The summed E-state index contributed by atoms with van der Waals surface area (Å²) >= 11 is 0. The zero-order valence-corrected chi connectivity index (χ0v) is 13.4. The SMILES string of the molecule is CC(=O)NC[C@H]1CN(c2ccc(-n3ccc(C#N)c3)c(F)c2)C(=O)O1. The lowest BCUT2D eigenvalue weighted by Crippen LogP contribution is -2.33. The first-order chi connectivity index (χ1) is 12.0. The smallest absolute Gasteiger partial charge is 0.414 e. The zero-order valence-electron chi connectivity index (χ0n) is 13.4. The molecule has 1 aromatic heterocycles. The number of hydrogen-bond acceptors (Lipinski definition) is 4. The summed E-state index contributed by atoms with van der Waals surface area (Å²) in [7, 11) is 0. The van der Waals surface area contributed by atoms with E-state index in [0.29, 0.717) is 11.3 Å². The fourth-order valence-corrected chi connectivity index (χ4v) is 2.58. The van der Waals surface area contributed by atoms with Gasteiger partial charge in [0.2, 0.25) is 5.91 Å². The first-order valence-electron chi connectivity index (χ1n) is 7.58. The van der Waals surface area contributed by atoms with Crippen molar-refractivity contribution in [1.82, 2.24) is 9.88 Å². The fraction of sp³-hybridized carbons (Fsp3) is 0.235. The highest BCUT2D eigenvalue weighted by Gasteiger charge is 2.32. The molecule has 0 radical (unpaired) electrons. The molecular weight excluding hydrogens is 327 g/mol. The molecule has 1 aliphatic heterocycles. The van der Waals surface area contributed by atoms with Gasteiger partial charge in [0.15, 0.2) is 0 Å². The van der Waals surface area contributed by atoms with Crippen LogP contribution < -0.4 is 10.2 Å². The molecule has 1 N–H and O–H groups in total. The van der Waals surface area contributed by atoms with Crippen molar-refractivity contribution in [3.05, 3.63) is 48.0 Å². The molecule has 2 amide bonds. The Morgan fingerprint density at radius 2 is 2.28 bits per heavy atom. The van der Waals surface area contributed by atoms with Gasteiger partial charge in [-0.1, -0.05) is 0 Å². The molecule has 1 aliphatic rings. The minimum atomic E-state index is -0.588. The normalized spacial score (nSPS) is 16.4. The Kier molecular flexibility index (Phi) is 4.39. The summed E-state index contributed by atoms with van der Waals surface area (Å²) in [5.74, 6) is -0.746. The largest absolute Gasteiger partial charge is 0.442 e. The van der Waals surface area contributed by atoms with Crippen LogP contribution in [0.15, 0.2) is 36.7 Å². The highest BCUT2D eigenvalue weighted by Crippen LogP contribution is 2.25. The van der Waals surface area contributed by atoms with Crippen molar-refractivity contribution in [1.29, 1.82) is 5.26 Å². The lowest BCUT2D eigenvalue weighted by Gasteiger charge is -2.14. The number of aromatic nitrogens is 1.